The van der Waals surface area contributed by atoms with Gasteiger partial charge in [-0.3, -0.25) is 15.0 Å². The molecule has 5 nitrogen and oxygen atoms in total. The van der Waals surface area contributed by atoms with Gasteiger partial charge in [0, 0.05) is 6.54 Å². The molecule has 0 saturated heterocycles. The summed E-state index contributed by atoms with van der Waals surface area (Å²) in [6, 6.07) is 11.9. The first-order valence-electron chi connectivity index (χ1n) is 7.63. The first-order valence-corrected chi connectivity index (χ1v) is 7.63. The minimum atomic E-state index is -4.44. The molecule has 0 aromatic heterocycles. The largest absolute Gasteiger partial charge is 0.465 e. The molecule has 2 amide bonds. The molecule has 0 aliphatic rings. The molecule has 0 radical (unpaired) electrons. The lowest BCUT2D eigenvalue weighted by Gasteiger charge is -2.16. The molecular weight excluding hydrogens is 349 g/mol. The Morgan fingerprint density at radius 3 is 2.27 bits per heavy atom. The minimum Gasteiger partial charge on any atom is -0.465 e. The predicted octanol–water partition coefficient (Wildman–Crippen LogP) is 3.60. The Hall–Kier alpha value is -2.87. The molecule has 0 spiro atoms. The summed E-state index contributed by atoms with van der Waals surface area (Å²) >= 11 is 0. The number of halogens is 3. The van der Waals surface area contributed by atoms with Crippen LogP contribution in [0.1, 0.15) is 11.1 Å². The molecule has 0 atom stereocenters. The van der Waals surface area contributed by atoms with Gasteiger partial charge in [-0.15, -0.1) is 0 Å². The predicted molar refractivity (Wildman–Crippen MR) is 89.4 cm³/mol. The van der Waals surface area contributed by atoms with Gasteiger partial charge < -0.3 is 5.11 Å². The SMILES string of the molecule is CN(CC(=O)NC(=O)O)Cc1ccc(-c2ccccc2C(F)(F)F)cc1. The molecule has 0 aliphatic heterocycles. The number of nitrogens with one attached hydrogen (secondary N) is 1. The van der Waals surface area contributed by atoms with Crippen molar-refractivity contribution in [1.29, 1.82) is 0 Å². The second-order valence-electron chi connectivity index (χ2n) is 5.77. The molecule has 8 heteroatoms. The number of carboxylic acid groups (broad SMARTS) is 1. The van der Waals surface area contributed by atoms with Crippen LogP contribution >= 0.6 is 0 Å². The Morgan fingerprint density at radius 2 is 1.69 bits per heavy atom. The molecule has 2 aromatic carbocycles. The zero-order chi connectivity index (χ0) is 19.3. The zero-order valence-corrected chi connectivity index (χ0v) is 13.9. The topological polar surface area (TPSA) is 69.6 Å². The smallest absolute Gasteiger partial charge is 0.417 e. The average Bonchev–Trinajstić information content (AvgIpc) is 2.53. The van der Waals surface area contributed by atoms with Crippen molar-refractivity contribution in [2.75, 3.05) is 13.6 Å². The Balaban J connectivity index is 2.10. The first kappa shape index (κ1) is 19.5. The third kappa shape index (κ3) is 5.32. The number of amides is 2. The van der Waals surface area contributed by atoms with Crippen LogP contribution in [0.25, 0.3) is 11.1 Å². The third-order valence-electron chi connectivity index (χ3n) is 3.61. The van der Waals surface area contributed by atoms with Crippen molar-refractivity contribution in [2.45, 2.75) is 12.7 Å². The normalized spacial score (nSPS) is 11.4. The highest BCUT2D eigenvalue weighted by atomic mass is 19.4. The number of alkyl halides is 3. The minimum absolute atomic E-state index is 0.0979. The maximum Gasteiger partial charge on any atom is 0.417 e. The van der Waals surface area contributed by atoms with Gasteiger partial charge >= 0.3 is 12.3 Å². The van der Waals surface area contributed by atoms with Gasteiger partial charge in [0.05, 0.1) is 12.1 Å². The van der Waals surface area contributed by atoms with Crippen molar-refractivity contribution in [3.8, 4) is 11.1 Å². The molecule has 2 aromatic rings. The number of benzene rings is 2. The molecule has 0 saturated carbocycles. The van der Waals surface area contributed by atoms with Crippen molar-refractivity contribution in [1.82, 2.24) is 10.2 Å². The second kappa shape index (κ2) is 8.01. The molecule has 0 fully saturated rings. The average molecular weight is 366 g/mol. The first-order chi connectivity index (χ1) is 12.2. The van der Waals surface area contributed by atoms with Gasteiger partial charge in [0.15, 0.2) is 0 Å². The molecule has 2 N–H and O–H groups in total. The molecule has 0 bridgehead atoms. The monoisotopic (exact) mass is 366 g/mol. The van der Waals surface area contributed by atoms with Gasteiger partial charge in [-0.1, -0.05) is 42.5 Å². The highest BCUT2D eigenvalue weighted by Gasteiger charge is 2.33. The Bertz CT molecular complexity index is 789. The second-order valence-corrected chi connectivity index (χ2v) is 5.77. The number of carbonyl (C=O) groups is 2. The summed E-state index contributed by atoms with van der Waals surface area (Å²) in [5, 5.41) is 10.2. The van der Waals surface area contributed by atoms with Crippen LogP contribution in [-0.2, 0) is 17.5 Å². The van der Waals surface area contributed by atoms with Crippen molar-refractivity contribution in [3.63, 3.8) is 0 Å². The fourth-order valence-electron chi connectivity index (χ4n) is 2.54. The number of hydrogen-bond donors (Lipinski definition) is 2. The number of nitrogens with zero attached hydrogens (tertiary/aromatic N) is 1. The van der Waals surface area contributed by atoms with Gasteiger partial charge in [-0.2, -0.15) is 13.2 Å². The van der Waals surface area contributed by atoms with Crippen LogP contribution in [0.5, 0.6) is 0 Å². The van der Waals surface area contributed by atoms with Crippen molar-refractivity contribution in [2.24, 2.45) is 0 Å². The van der Waals surface area contributed by atoms with Crippen LogP contribution in [0, 0.1) is 0 Å². The van der Waals surface area contributed by atoms with Crippen molar-refractivity contribution in [3.05, 3.63) is 59.7 Å². The molecule has 0 heterocycles. The van der Waals surface area contributed by atoms with E-state index in [1.165, 1.54) is 12.1 Å². The van der Waals surface area contributed by atoms with E-state index in [2.05, 4.69) is 0 Å². The maximum atomic E-state index is 13.1. The summed E-state index contributed by atoms with van der Waals surface area (Å²) in [5.74, 6) is -0.657. The van der Waals surface area contributed by atoms with Crippen LogP contribution in [0.3, 0.4) is 0 Å². The van der Waals surface area contributed by atoms with Gasteiger partial charge in [0.25, 0.3) is 0 Å². The zero-order valence-electron chi connectivity index (χ0n) is 13.9. The number of carbonyl (C=O) groups excluding carboxylic acids is 1. The summed E-state index contributed by atoms with van der Waals surface area (Å²) in [6.07, 6.45) is -5.86. The van der Waals surface area contributed by atoms with E-state index in [1.807, 2.05) is 0 Å². The molecule has 138 valence electrons. The highest BCUT2D eigenvalue weighted by Crippen LogP contribution is 2.36. The molecule has 0 unspecified atom stereocenters. The maximum absolute atomic E-state index is 13.1. The Labute approximate surface area is 148 Å². The van der Waals surface area contributed by atoms with Crippen molar-refractivity contribution >= 4 is 12.0 Å². The lowest BCUT2D eigenvalue weighted by atomic mass is 9.98. The van der Waals surface area contributed by atoms with E-state index in [0.717, 1.165) is 11.6 Å². The lowest BCUT2D eigenvalue weighted by molar-refractivity contribution is -0.137. The molecule has 2 rings (SSSR count). The summed E-state index contributed by atoms with van der Waals surface area (Å²) < 4.78 is 39.3. The van der Waals surface area contributed by atoms with Gasteiger partial charge in [-0.25, -0.2) is 4.79 Å². The Kier molecular flexibility index (Phi) is 5.99. The van der Waals surface area contributed by atoms with E-state index >= 15 is 0 Å². The van der Waals surface area contributed by atoms with Crippen molar-refractivity contribution < 1.29 is 27.9 Å². The van der Waals surface area contributed by atoms with Crippen LogP contribution < -0.4 is 5.32 Å². The van der Waals surface area contributed by atoms with E-state index in [0.29, 0.717) is 12.1 Å². The summed E-state index contributed by atoms with van der Waals surface area (Å²) in [4.78, 5) is 23.4. The van der Waals surface area contributed by atoms with Gasteiger partial charge in [0.2, 0.25) is 5.91 Å². The number of likely N-dealkylation sites (N-methyl/N-ethyl adjacent to an activating group) is 1. The fraction of sp³-hybridized carbons (Fsp3) is 0.222. The standard InChI is InChI=1S/C18H17F3N2O3/c1-23(11-16(24)22-17(25)26)10-12-6-8-13(9-7-12)14-4-2-3-5-15(14)18(19,20)21/h2-9H,10-11H2,1H3,(H,22,24)(H,25,26). The van der Waals surface area contributed by atoms with Crippen LogP contribution in [0.15, 0.2) is 48.5 Å². The van der Waals surface area contributed by atoms with Gasteiger partial charge in [0.1, 0.15) is 0 Å². The lowest BCUT2D eigenvalue weighted by Crippen LogP contribution is -2.37. The van der Waals surface area contributed by atoms with Crippen LogP contribution in [0.4, 0.5) is 18.0 Å². The molecule has 26 heavy (non-hydrogen) atoms. The van der Waals surface area contributed by atoms with E-state index in [9.17, 15) is 22.8 Å². The van der Waals surface area contributed by atoms with Gasteiger partial charge in [-0.05, 0) is 29.8 Å². The molecule has 0 aliphatic carbocycles. The summed E-state index contributed by atoms with van der Waals surface area (Å²) in [7, 11) is 1.63. The third-order valence-corrected chi connectivity index (χ3v) is 3.61. The Morgan fingerprint density at radius 1 is 1.08 bits per heavy atom. The quantitative estimate of drug-likeness (QED) is 0.848. The van der Waals surface area contributed by atoms with Crippen LogP contribution in [-0.4, -0.2) is 35.6 Å². The molecular formula is C18H17F3N2O3. The number of imide groups is 1. The summed E-state index contributed by atoms with van der Waals surface area (Å²) in [5.41, 5.74) is 0.618. The van der Waals surface area contributed by atoms with E-state index in [1.54, 1.807) is 47.6 Å². The van der Waals surface area contributed by atoms with Crippen LogP contribution in [0.2, 0.25) is 0 Å². The highest BCUT2D eigenvalue weighted by molar-refractivity contribution is 5.91. The fourth-order valence-corrected chi connectivity index (χ4v) is 2.54. The number of rotatable bonds is 5. The van der Waals surface area contributed by atoms with E-state index in [-0.39, 0.29) is 12.1 Å². The van der Waals surface area contributed by atoms with E-state index < -0.39 is 23.7 Å². The number of hydrogen-bond acceptors (Lipinski definition) is 3. The van der Waals surface area contributed by atoms with E-state index in [4.69, 9.17) is 5.11 Å². The summed E-state index contributed by atoms with van der Waals surface area (Å²) in [6.45, 7) is 0.221.